The van der Waals surface area contributed by atoms with E-state index in [2.05, 4.69) is 28.4 Å². The molecule has 7 heteroatoms. The lowest BCUT2D eigenvalue weighted by Crippen LogP contribution is -2.48. The number of rotatable bonds is 5. The number of amides is 2. The first kappa shape index (κ1) is 21.0. The van der Waals surface area contributed by atoms with Gasteiger partial charge in [0.25, 0.3) is 11.8 Å². The summed E-state index contributed by atoms with van der Waals surface area (Å²) in [7, 11) is 0. The Morgan fingerprint density at radius 2 is 1.91 bits per heavy atom. The Labute approximate surface area is 188 Å². The molecule has 0 aliphatic carbocycles. The van der Waals surface area contributed by atoms with Gasteiger partial charge in [-0.25, -0.2) is 0 Å². The van der Waals surface area contributed by atoms with Crippen molar-refractivity contribution in [1.82, 2.24) is 9.80 Å². The van der Waals surface area contributed by atoms with E-state index in [4.69, 9.17) is 9.47 Å². The number of anilines is 1. The Morgan fingerprint density at radius 1 is 1.03 bits per heavy atom. The van der Waals surface area contributed by atoms with Gasteiger partial charge in [0.2, 0.25) is 0 Å². The predicted molar refractivity (Wildman–Crippen MR) is 121 cm³/mol. The van der Waals surface area contributed by atoms with Gasteiger partial charge < -0.3 is 19.7 Å². The molecular weight excluding hydrogens is 406 g/mol. The summed E-state index contributed by atoms with van der Waals surface area (Å²) in [6.07, 6.45) is 2.25. The number of carbonyl (C=O) groups is 2. The van der Waals surface area contributed by atoms with E-state index >= 15 is 0 Å². The molecule has 0 unspecified atom stereocenters. The van der Waals surface area contributed by atoms with Gasteiger partial charge in [0, 0.05) is 57.0 Å². The Hall–Kier alpha value is -2.90. The first-order chi connectivity index (χ1) is 15.7. The van der Waals surface area contributed by atoms with Gasteiger partial charge in [-0.15, -0.1) is 0 Å². The second kappa shape index (κ2) is 9.30. The molecule has 2 amide bonds. The number of nitrogens with one attached hydrogen (secondary N) is 1. The summed E-state index contributed by atoms with van der Waals surface area (Å²) >= 11 is 0. The van der Waals surface area contributed by atoms with Gasteiger partial charge in [-0.2, -0.15) is 0 Å². The number of nitrogens with zero attached hydrogens (tertiary/aromatic N) is 2. The van der Waals surface area contributed by atoms with Crippen LogP contribution in [0.3, 0.4) is 0 Å². The van der Waals surface area contributed by atoms with Gasteiger partial charge >= 0.3 is 0 Å². The lowest BCUT2D eigenvalue weighted by atomic mass is 10.1. The van der Waals surface area contributed by atoms with Crippen LogP contribution in [0.2, 0.25) is 0 Å². The number of hydrogen-bond acceptors (Lipinski definition) is 5. The van der Waals surface area contributed by atoms with E-state index in [0.717, 1.165) is 51.3 Å². The summed E-state index contributed by atoms with van der Waals surface area (Å²) in [5, 5.41) is 2.88. The van der Waals surface area contributed by atoms with Crippen LogP contribution < -0.4 is 10.1 Å². The lowest BCUT2D eigenvalue weighted by Gasteiger charge is -2.35. The second-order valence-corrected chi connectivity index (χ2v) is 8.68. The fourth-order valence-electron chi connectivity index (χ4n) is 4.63. The van der Waals surface area contributed by atoms with E-state index in [1.165, 1.54) is 11.1 Å². The van der Waals surface area contributed by atoms with Crippen LogP contribution in [0.1, 0.15) is 34.3 Å². The first-order valence-electron chi connectivity index (χ1n) is 11.4. The minimum Gasteiger partial charge on any atom is -0.493 e. The van der Waals surface area contributed by atoms with Crippen molar-refractivity contribution >= 4 is 17.5 Å². The standard InChI is InChI=1S/C25H29N3O4/c29-24(23-5-2-13-31-23)26-21-4-1-3-20(16-21)25(30)28-11-9-27(10-12-28)17-18-6-7-22-19(15-18)8-14-32-22/h1,3-4,6-7,15-16,23H,2,5,8-14,17H2,(H,26,29)/t23-/m1/s1. The SMILES string of the molecule is O=C(Nc1cccc(C(=O)N2CCN(Cc3ccc4c(c3)CCO4)CC2)c1)[C@H]1CCCO1. The summed E-state index contributed by atoms with van der Waals surface area (Å²) < 4.78 is 11.0. The fourth-order valence-corrected chi connectivity index (χ4v) is 4.63. The van der Waals surface area contributed by atoms with Gasteiger partial charge in [-0.1, -0.05) is 18.2 Å². The van der Waals surface area contributed by atoms with Crippen LogP contribution in [-0.2, 0) is 22.5 Å². The van der Waals surface area contributed by atoms with Crippen LogP contribution in [0.5, 0.6) is 5.75 Å². The molecule has 1 N–H and O–H groups in total. The minimum atomic E-state index is -0.388. The average Bonchev–Trinajstić information content (AvgIpc) is 3.51. The molecule has 3 aliphatic rings. The normalized spacial score (nSPS) is 20.6. The number of carbonyl (C=O) groups excluding carboxylic acids is 2. The summed E-state index contributed by atoms with van der Waals surface area (Å²) in [5.41, 5.74) is 3.82. The summed E-state index contributed by atoms with van der Waals surface area (Å²) in [4.78, 5) is 29.6. The van der Waals surface area contributed by atoms with Crippen LogP contribution in [0, 0.1) is 0 Å². The summed E-state index contributed by atoms with van der Waals surface area (Å²) in [5.74, 6) is 0.879. The molecule has 1 atom stereocenters. The Bertz CT molecular complexity index is 994. The van der Waals surface area contributed by atoms with Crippen molar-refractivity contribution in [1.29, 1.82) is 0 Å². The first-order valence-corrected chi connectivity index (χ1v) is 11.4. The molecule has 7 nitrogen and oxygen atoms in total. The third kappa shape index (κ3) is 4.64. The molecule has 0 bridgehead atoms. The largest absolute Gasteiger partial charge is 0.493 e. The molecule has 0 saturated carbocycles. The third-order valence-corrected chi connectivity index (χ3v) is 6.42. The van der Waals surface area contributed by atoms with Crippen molar-refractivity contribution in [3.8, 4) is 5.75 Å². The lowest BCUT2D eigenvalue weighted by molar-refractivity contribution is -0.124. The van der Waals surface area contributed by atoms with E-state index in [0.29, 0.717) is 30.9 Å². The van der Waals surface area contributed by atoms with Crippen LogP contribution in [0.15, 0.2) is 42.5 Å². The fraction of sp³-hybridized carbons (Fsp3) is 0.440. The Balaban J connectivity index is 1.15. The summed E-state index contributed by atoms with van der Waals surface area (Å²) in [6, 6.07) is 13.6. The van der Waals surface area contributed by atoms with Crippen molar-refractivity contribution in [3.63, 3.8) is 0 Å². The molecule has 2 aromatic carbocycles. The monoisotopic (exact) mass is 435 g/mol. The topological polar surface area (TPSA) is 71.1 Å². The molecule has 32 heavy (non-hydrogen) atoms. The number of hydrogen-bond donors (Lipinski definition) is 1. The molecule has 0 aromatic heterocycles. The Kier molecular flexibility index (Phi) is 6.10. The van der Waals surface area contributed by atoms with Gasteiger partial charge in [0.1, 0.15) is 11.9 Å². The zero-order valence-electron chi connectivity index (χ0n) is 18.2. The predicted octanol–water partition coefficient (Wildman–Crippen LogP) is 2.70. The van der Waals surface area contributed by atoms with Crippen molar-refractivity contribution in [3.05, 3.63) is 59.2 Å². The van der Waals surface area contributed by atoms with E-state index < -0.39 is 0 Å². The molecular formula is C25H29N3O4. The van der Waals surface area contributed by atoms with Gasteiger partial charge in [0.15, 0.2) is 0 Å². The van der Waals surface area contributed by atoms with Gasteiger partial charge in [-0.05, 0) is 48.2 Å². The molecule has 0 radical (unpaired) electrons. The van der Waals surface area contributed by atoms with Crippen LogP contribution in [0.4, 0.5) is 5.69 Å². The van der Waals surface area contributed by atoms with Gasteiger partial charge in [0.05, 0.1) is 6.61 Å². The minimum absolute atomic E-state index is 0.00699. The number of benzene rings is 2. The molecule has 3 heterocycles. The highest BCUT2D eigenvalue weighted by Crippen LogP contribution is 2.26. The highest BCUT2D eigenvalue weighted by atomic mass is 16.5. The number of fused-ring (bicyclic) bond motifs is 1. The number of piperazine rings is 1. The maximum absolute atomic E-state index is 13.0. The summed E-state index contributed by atoms with van der Waals surface area (Å²) in [6.45, 7) is 5.37. The van der Waals surface area contributed by atoms with Crippen LogP contribution >= 0.6 is 0 Å². The second-order valence-electron chi connectivity index (χ2n) is 8.68. The zero-order valence-corrected chi connectivity index (χ0v) is 18.2. The molecule has 5 rings (SSSR count). The molecule has 2 fully saturated rings. The van der Waals surface area contributed by atoms with Gasteiger partial charge in [-0.3, -0.25) is 14.5 Å². The maximum atomic E-state index is 13.0. The Morgan fingerprint density at radius 3 is 2.72 bits per heavy atom. The number of ether oxygens (including phenoxy) is 2. The molecule has 3 aliphatic heterocycles. The molecule has 2 saturated heterocycles. The third-order valence-electron chi connectivity index (χ3n) is 6.42. The smallest absolute Gasteiger partial charge is 0.254 e. The van der Waals surface area contributed by atoms with Crippen LogP contribution in [-0.4, -0.2) is 67.1 Å². The van der Waals surface area contributed by atoms with E-state index in [1.54, 1.807) is 6.07 Å². The van der Waals surface area contributed by atoms with E-state index in [1.807, 2.05) is 23.1 Å². The molecule has 168 valence electrons. The average molecular weight is 436 g/mol. The van der Waals surface area contributed by atoms with E-state index in [-0.39, 0.29) is 17.9 Å². The molecule has 2 aromatic rings. The van der Waals surface area contributed by atoms with Crippen LogP contribution in [0.25, 0.3) is 0 Å². The molecule has 0 spiro atoms. The highest BCUT2D eigenvalue weighted by molar-refractivity contribution is 5.98. The van der Waals surface area contributed by atoms with Crippen molar-refractivity contribution in [2.75, 3.05) is 44.7 Å². The van der Waals surface area contributed by atoms with Crippen molar-refractivity contribution in [2.24, 2.45) is 0 Å². The van der Waals surface area contributed by atoms with Crippen molar-refractivity contribution in [2.45, 2.75) is 31.9 Å². The quantitative estimate of drug-likeness (QED) is 0.782. The maximum Gasteiger partial charge on any atom is 0.254 e. The van der Waals surface area contributed by atoms with Crippen molar-refractivity contribution < 1.29 is 19.1 Å². The van der Waals surface area contributed by atoms with E-state index in [9.17, 15) is 9.59 Å². The highest BCUT2D eigenvalue weighted by Gasteiger charge is 2.25. The zero-order chi connectivity index (χ0) is 21.9.